The van der Waals surface area contributed by atoms with E-state index in [1.54, 1.807) is 11.8 Å². The summed E-state index contributed by atoms with van der Waals surface area (Å²) >= 11 is 1.73. The van der Waals surface area contributed by atoms with Gasteiger partial charge in [0, 0.05) is 22.7 Å². The third-order valence-electron chi connectivity index (χ3n) is 2.26. The van der Waals surface area contributed by atoms with Gasteiger partial charge in [-0.25, -0.2) is 0 Å². The summed E-state index contributed by atoms with van der Waals surface area (Å²) in [5, 5.41) is 12.7. The molecule has 0 fully saturated rings. The molecule has 1 aromatic rings. The Morgan fingerprint density at radius 1 is 1.25 bits per heavy atom. The lowest BCUT2D eigenvalue weighted by atomic mass is 10.2. The van der Waals surface area contributed by atoms with Gasteiger partial charge in [0.1, 0.15) is 0 Å². The number of aliphatic hydroxyl groups excluding tert-OH is 1. The largest absolute Gasteiger partial charge is 0.395 e. The molecule has 0 amide bonds. The first-order valence-corrected chi connectivity index (χ1v) is 6.60. The Kier molecular flexibility index (Phi) is 5.88. The van der Waals surface area contributed by atoms with E-state index < -0.39 is 0 Å². The van der Waals surface area contributed by atoms with Crippen molar-refractivity contribution in [1.82, 2.24) is 5.32 Å². The molecule has 0 aliphatic rings. The van der Waals surface area contributed by atoms with Crippen molar-refractivity contribution >= 4 is 11.8 Å². The van der Waals surface area contributed by atoms with E-state index in [0.717, 1.165) is 6.54 Å². The summed E-state index contributed by atoms with van der Waals surface area (Å²) in [4.78, 5) is 1.26. The maximum absolute atomic E-state index is 9.07. The van der Waals surface area contributed by atoms with Crippen LogP contribution in [0.3, 0.4) is 0 Å². The molecule has 1 aromatic carbocycles. The first-order valence-electron chi connectivity index (χ1n) is 5.72. The van der Waals surface area contributed by atoms with Crippen LogP contribution in [0.5, 0.6) is 0 Å². The number of thioether (sulfide) groups is 1. The van der Waals surface area contributed by atoms with E-state index in [1.165, 1.54) is 10.5 Å². The Morgan fingerprint density at radius 2 is 1.94 bits per heavy atom. The van der Waals surface area contributed by atoms with E-state index in [2.05, 4.69) is 37.4 Å². The molecule has 1 atom stereocenters. The summed E-state index contributed by atoms with van der Waals surface area (Å²) in [7, 11) is 0. The predicted molar refractivity (Wildman–Crippen MR) is 70.8 cm³/mol. The van der Waals surface area contributed by atoms with Crippen LogP contribution in [0.15, 0.2) is 29.2 Å². The minimum absolute atomic E-state index is 0.219. The van der Waals surface area contributed by atoms with Crippen LogP contribution >= 0.6 is 11.8 Å². The standard InChI is InChI=1S/C13H21NOS/c1-10(2)14-8-12-6-4-5-7-13(12)16-11(3)9-15/h4-7,10-11,14-15H,8-9H2,1-3H3. The summed E-state index contributed by atoms with van der Waals surface area (Å²) < 4.78 is 0. The van der Waals surface area contributed by atoms with Gasteiger partial charge in [-0.15, -0.1) is 11.8 Å². The van der Waals surface area contributed by atoms with Crippen molar-refractivity contribution in [2.45, 2.75) is 43.5 Å². The van der Waals surface area contributed by atoms with Crippen LogP contribution < -0.4 is 5.32 Å². The summed E-state index contributed by atoms with van der Waals surface area (Å²) in [5.41, 5.74) is 1.31. The second-order valence-corrected chi connectivity index (χ2v) is 5.73. The molecule has 0 aliphatic carbocycles. The number of hydrogen-bond donors (Lipinski definition) is 2. The Bertz CT molecular complexity index is 315. The quantitative estimate of drug-likeness (QED) is 0.749. The molecule has 0 aliphatic heterocycles. The van der Waals surface area contributed by atoms with Crippen molar-refractivity contribution < 1.29 is 5.11 Å². The van der Waals surface area contributed by atoms with Crippen LogP contribution in [0.2, 0.25) is 0 Å². The predicted octanol–water partition coefficient (Wildman–Crippen LogP) is 2.66. The first kappa shape index (κ1) is 13.6. The molecule has 2 nitrogen and oxygen atoms in total. The second-order valence-electron chi connectivity index (χ2n) is 4.25. The fraction of sp³-hybridized carbons (Fsp3) is 0.538. The number of rotatable bonds is 6. The maximum Gasteiger partial charge on any atom is 0.0550 e. The van der Waals surface area contributed by atoms with Crippen LogP contribution in [0.1, 0.15) is 26.3 Å². The molecular formula is C13H21NOS. The van der Waals surface area contributed by atoms with E-state index in [9.17, 15) is 0 Å². The average molecular weight is 239 g/mol. The van der Waals surface area contributed by atoms with Gasteiger partial charge in [0.05, 0.1) is 6.61 Å². The highest BCUT2D eigenvalue weighted by atomic mass is 32.2. The molecule has 2 N–H and O–H groups in total. The van der Waals surface area contributed by atoms with E-state index in [-0.39, 0.29) is 11.9 Å². The summed E-state index contributed by atoms with van der Waals surface area (Å²) in [6, 6.07) is 8.86. The monoisotopic (exact) mass is 239 g/mol. The molecule has 0 heterocycles. The number of nitrogens with one attached hydrogen (secondary N) is 1. The smallest absolute Gasteiger partial charge is 0.0550 e. The molecule has 0 radical (unpaired) electrons. The lowest BCUT2D eigenvalue weighted by Crippen LogP contribution is -2.22. The van der Waals surface area contributed by atoms with Crippen LogP contribution in [-0.4, -0.2) is 23.0 Å². The van der Waals surface area contributed by atoms with Gasteiger partial charge in [-0.3, -0.25) is 0 Å². The van der Waals surface area contributed by atoms with Gasteiger partial charge < -0.3 is 10.4 Å². The maximum atomic E-state index is 9.07. The van der Waals surface area contributed by atoms with Gasteiger partial charge in [-0.05, 0) is 11.6 Å². The van der Waals surface area contributed by atoms with Crippen LogP contribution in [0.25, 0.3) is 0 Å². The van der Waals surface area contributed by atoms with E-state index in [1.807, 2.05) is 13.0 Å². The number of aliphatic hydroxyl groups is 1. The first-order chi connectivity index (χ1) is 7.63. The summed E-state index contributed by atoms with van der Waals surface area (Å²) in [6.45, 7) is 7.44. The lowest BCUT2D eigenvalue weighted by Gasteiger charge is -2.14. The Morgan fingerprint density at radius 3 is 2.56 bits per heavy atom. The molecule has 0 saturated heterocycles. The zero-order chi connectivity index (χ0) is 12.0. The van der Waals surface area contributed by atoms with Gasteiger partial charge >= 0.3 is 0 Å². The molecule has 0 saturated carbocycles. The summed E-state index contributed by atoms with van der Waals surface area (Å²) in [6.07, 6.45) is 0. The number of hydrogen-bond acceptors (Lipinski definition) is 3. The zero-order valence-corrected chi connectivity index (χ0v) is 11.1. The molecule has 16 heavy (non-hydrogen) atoms. The van der Waals surface area contributed by atoms with Crippen molar-refractivity contribution in [3.63, 3.8) is 0 Å². The Balaban J connectivity index is 2.67. The van der Waals surface area contributed by atoms with E-state index in [0.29, 0.717) is 6.04 Å². The average Bonchev–Trinajstić information content (AvgIpc) is 2.27. The van der Waals surface area contributed by atoms with Crippen LogP contribution in [-0.2, 0) is 6.54 Å². The van der Waals surface area contributed by atoms with Gasteiger partial charge in [0.15, 0.2) is 0 Å². The van der Waals surface area contributed by atoms with Crippen molar-refractivity contribution in [3.05, 3.63) is 29.8 Å². The van der Waals surface area contributed by atoms with Gasteiger partial charge in [-0.2, -0.15) is 0 Å². The molecule has 0 bridgehead atoms. The molecule has 90 valence electrons. The highest BCUT2D eigenvalue weighted by Gasteiger charge is 2.07. The van der Waals surface area contributed by atoms with Gasteiger partial charge in [-0.1, -0.05) is 39.0 Å². The summed E-state index contributed by atoms with van der Waals surface area (Å²) in [5.74, 6) is 0. The van der Waals surface area contributed by atoms with Crippen molar-refractivity contribution in [2.75, 3.05) is 6.61 Å². The molecule has 0 spiro atoms. The third kappa shape index (κ3) is 4.56. The minimum Gasteiger partial charge on any atom is -0.395 e. The minimum atomic E-state index is 0.219. The topological polar surface area (TPSA) is 32.3 Å². The highest BCUT2D eigenvalue weighted by molar-refractivity contribution is 8.00. The highest BCUT2D eigenvalue weighted by Crippen LogP contribution is 2.26. The van der Waals surface area contributed by atoms with Crippen molar-refractivity contribution in [2.24, 2.45) is 0 Å². The molecule has 3 heteroatoms. The lowest BCUT2D eigenvalue weighted by molar-refractivity contribution is 0.300. The van der Waals surface area contributed by atoms with Crippen molar-refractivity contribution in [1.29, 1.82) is 0 Å². The molecular weight excluding hydrogens is 218 g/mol. The third-order valence-corrected chi connectivity index (χ3v) is 3.46. The van der Waals surface area contributed by atoms with Gasteiger partial charge in [0.2, 0.25) is 0 Å². The zero-order valence-electron chi connectivity index (χ0n) is 10.2. The fourth-order valence-electron chi connectivity index (χ4n) is 1.33. The van der Waals surface area contributed by atoms with E-state index in [4.69, 9.17) is 5.11 Å². The van der Waals surface area contributed by atoms with Crippen molar-refractivity contribution in [3.8, 4) is 0 Å². The van der Waals surface area contributed by atoms with Gasteiger partial charge in [0.25, 0.3) is 0 Å². The Labute approximate surface area is 102 Å². The fourth-order valence-corrected chi connectivity index (χ4v) is 2.29. The second kappa shape index (κ2) is 6.94. The molecule has 1 unspecified atom stereocenters. The normalized spacial score (nSPS) is 13.1. The van der Waals surface area contributed by atoms with Crippen LogP contribution in [0.4, 0.5) is 0 Å². The Hall–Kier alpha value is -0.510. The molecule has 1 rings (SSSR count). The molecule has 0 aromatic heterocycles. The van der Waals surface area contributed by atoms with Crippen LogP contribution in [0, 0.1) is 0 Å². The number of benzene rings is 1. The SMILES string of the molecule is CC(C)NCc1ccccc1SC(C)CO. The van der Waals surface area contributed by atoms with E-state index >= 15 is 0 Å².